The van der Waals surface area contributed by atoms with E-state index in [2.05, 4.69) is 15.7 Å². The Hall–Kier alpha value is -2.58. The lowest BCUT2D eigenvalue weighted by molar-refractivity contribution is -0.142. The molecular formula is C12H19N5O4. The van der Waals surface area contributed by atoms with Crippen LogP contribution in [0.5, 0.6) is 0 Å². The number of carboxylic acid groups (broad SMARTS) is 1. The average molecular weight is 297 g/mol. The van der Waals surface area contributed by atoms with Crippen LogP contribution in [0.3, 0.4) is 0 Å². The van der Waals surface area contributed by atoms with Crippen LogP contribution in [0.15, 0.2) is 12.4 Å². The Labute approximate surface area is 121 Å². The van der Waals surface area contributed by atoms with Crippen molar-refractivity contribution < 1.29 is 19.5 Å². The summed E-state index contributed by atoms with van der Waals surface area (Å²) in [6, 6.07) is -3.01. The molecule has 9 nitrogen and oxygen atoms in total. The summed E-state index contributed by atoms with van der Waals surface area (Å²) in [5.74, 6) is -2.10. The fourth-order valence-corrected chi connectivity index (χ4v) is 1.80. The average Bonchev–Trinajstić information content (AvgIpc) is 2.78. The molecule has 9 heteroatoms. The van der Waals surface area contributed by atoms with Gasteiger partial charge < -0.3 is 21.5 Å². The molecule has 0 aromatic carbocycles. The van der Waals surface area contributed by atoms with Crippen LogP contribution in [0, 0.1) is 5.92 Å². The van der Waals surface area contributed by atoms with E-state index in [1.165, 1.54) is 17.1 Å². The number of carboxylic acids is 1. The Balaban J connectivity index is 2.89. The first-order valence-electron chi connectivity index (χ1n) is 6.30. The largest absolute Gasteiger partial charge is 0.479 e. The molecular weight excluding hydrogens is 278 g/mol. The monoisotopic (exact) mass is 297 g/mol. The number of carbonyl (C=O) groups is 3. The summed E-state index contributed by atoms with van der Waals surface area (Å²) in [4.78, 5) is 34.4. The van der Waals surface area contributed by atoms with Crippen LogP contribution in [0.4, 0.5) is 4.79 Å². The van der Waals surface area contributed by atoms with Crippen molar-refractivity contribution >= 4 is 17.9 Å². The lowest BCUT2D eigenvalue weighted by Crippen LogP contribution is -2.52. The molecule has 1 aromatic rings. The Morgan fingerprint density at radius 1 is 1.33 bits per heavy atom. The molecule has 1 heterocycles. The number of nitrogens with one attached hydrogen (secondary N) is 2. The molecule has 0 aliphatic rings. The van der Waals surface area contributed by atoms with E-state index in [1.54, 1.807) is 20.9 Å². The molecule has 0 spiro atoms. The molecule has 5 N–H and O–H groups in total. The molecule has 2 unspecified atom stereocenters. The first-order valence-corrected chi connectivity index (χ1v) is 6.30. The third-order valence-corrected chi connectivity index (χ3v) is 2.84. The number of urea groups is 1. The van der Waals surface area contributed by atoms with E-state index in [0.717, 1.165) is 0 Å². The number of primary amides is 1. The van der Waals surface area contributed by atoms with Gasteiger partial charge in [-0.05, 0) is 5.92 Å². The minimum atomic E-state index is -1.25. The third-order valence-electron chi connectivity index (χ3n) is 2.84. The van der Waals surface area contributed by atoms with Crippen LogP contribution >= 0.6 is 0 Å². The van der Waals surface area contributed by atoms with Gasteiger partial charge in [0.15, 0.2) is 6.04 Å². The highest BCUT2D eigenvalue weighted by atomic mass is 16.4. The van der Waals surface area contributed by atoms with Gasteiger partial charge in [0.05, 0.1) is 6.20 Å². The summed E-state index contributed by atoms with van der Waals surface area (Å²) < 4.78 is 1.43. The van der Waals surface area contributed by atoms with Gasteiger partial charge in [0, 0.05) is 18.8 Å². The Morgan fingerprint density at radius 3 is 2.33 bits per heavy atom. The lowest BCUT2D eigenvalue weighted by Gasteiger charge is -2.22. The third kappa shape index (κ3) is 4.48. The van der Waals surface area contributed by atoms with Crippen molar-refractivity contribution in [3.63, 3.8) is 0 Å². The predicted molar refractivity (Wildman–Crippen MR) is 73.1 cm³/mol. The second kappa shape index (κ2) is 6.73. The van der Waals surface area contributed by atoms with Crippen molar-refractivity contribution in [1.82, 2.24) is 20.4 Å². The van der Waals surface area contributed by atoms with Crippen molar-refractivity contribution in [3.8, 4) is 0 Å². The van der Waals surface area contributed by atoms with Gasteiger partial charge in [-0.3, -0.25) is 9.48 Å². The van der Waals surface area contributed by atoms with Gasteiger partial charge in [0.25, 0.3) is 0 Å². The quantitative estimate of drug-likeness (QED) is 0.552. The first-order chi connectivity index (χ1) is 9.72. The van der Waals surface area contributed by atoms with Gasteiger partial charge in [0.1, 0.15) is 6.04 Å². The SMILES string of the molecule is CC(C)C(NC(N)=O)C(=O)NC(C(=O)O)c1cnn(C)c1. The van der Waals surface area contributed by atoms with E-state index in [0.29, 0.717) is 5.56 Å². The molecule has 0 aliphatic carbocycles. The van der Waals surface area contributed by atoms with Crippen molar-refractivity contribution in [2.75, 3.05) is 0 Å². The summed E-state index contributed by atoms with van der Waals surface area (Å²) in [6.45, 7) is 3.42. The normalized spacial score (nSPS) is 13.5. The van der Waals surface area contributed by atoms with Gasteiger partial charge in [-0.25, -0.2) is 9.59 Å². The number of aryl methyl sites for hydroxylation is 1. The number of carbonyl (C=O) groups excluding carboxylic acids is 2. The maximum atomic E-state index is 12.1. The van der Waals surface area contributed by atoms with Gasteiger partial charge in [-0.1, -0.05) is 13.8 Å². The van der Waals surface area contributed by atoms with Gasteiger partial charge in [-0.15, -0.1) is 0 Å². The minimum Gasteiger partial charge on any atom is -0.479 e. The van der Waals surface area contributed by atoms with E-state index < -0.39 is 30.0 Å². The second-order valence-electron chi connectivity index (χ2n) is 4.96. The maximum absolute atomic E-state index is 12.1. The number of aromatic nitrogens is 2. The molecule has 0 aliphatic heterocycles. The molecule has 2 atom stereocenters. The van der Waals surface area contributed by atoms with E-state index >= 15 is 0 Å². The van der Waals surface area contributed by atoms with Crippen molar-refractivity contribution in [2.24, 2.45) is 18.7 Å². The molecule has 1 aromatic heterocycles. The molecule has 116 valence electrons. The zero-order valence-corrected chi connectivity index (χ0v) is 12.0. The fraction of sp³-hybridized carbons (Fsp3) is 0.500. The van der Waals surface area contributed by atoms with Gasteiger partial charge in [0.2, 0.25) is 5.91 Å². The number of nitrogens with zero attached hydrogens (tertiary/aromatic N) is 2. The number of aliphatic carboxylic acids is 1. The summed E-state index contributed by atoms with van der Waals surface area (Å²) in [5, 5.41) is 17.8. The van der Waals surface area contributed by atoms with Crippen molar-refractivity contribution in [2.45, 2.75) is 25.9 Å². The maximum Gasteiger partial charge on any atom is 0.331 e. The molecule has 0 fully saturated rings. The van der Waals surface area contributed by atoms with Crippen LogP contribution < -0.4 is 16.4 Å². The molecule has 1 rings (SSSR count). The Kier molecular flexibility index (Phi) is 5.28. The van der Waals surface area contributed by atoms with Crippen LogP contribution in [0.25, 0.3) is 0 Å². The molecule has 0 saturated carbocycles. The number of rotatable bonds is 6. The molecule has 21 heavy (non-hydrogen) atoms. The minimum absolute atomic E-state index is 0.249. The van der Waals surface area contributed by atoms with Crippen LogP contribution in [-0.2, 0) is 16.6 Å². The second-order valence-corrected chi connectivity index (χ2v) is 4.96. The summed E-state index contributed by atoms with van der Waals surface area (Å²) in [5.41, 5.74) is 5.35. The first kappa shape index (κ1) is 16.5. The van der Waals surface area contributed by atoms with Gasteiger partial charge in [-0.2, -0.15) is 5.10 Å². The lowest BCUT2D eigenvalue weighted by atomic mass is 10.0. The van der Waals surface area contributed by atoms with Gasteiger partial charge >= 0.3 is 12.0 Å². The highest BCUT2D eigenvalue weighted by molar-refractivity contribution is 5.90. The van der Waals surface area contributed by atoms with E-state index in [1.807, 2.05) is 0 Å². The molecule has 3 amide bonds. The Bertz CT molecular complexity index is 540. The predicted octanol–water partition coefficient (Wildman–Crippen LogP) is -0.645. The van der Waals surface area contributed by atoms with Crippen molar-refractivity contribution in [1.29, 1.82) is 0 Å². The molecule has 0 radical (unpaired) electrons. The van der Waals surface area contributed by atoms with Crippen LogP contribution in [0.1, 0.15) is 25.5 Å². The summed E-state index contributed by atoms with van der Waals surface area (Å²) in [7, 11) is 1.63. The number of hydrogen-bond acceptors (Lipinski definition) is 4. The highest BCUT2D eigenvalue weighted by Crippen LogP contribution is 2.13. The Morgan fingerprint density at radius 2 is 1.95 bits per heavy atom. The van der Waals surface area contributed by atoms with E-state index in [4.69, 9.17) is 5.73 Å². The van der Waals surface area contributed by atoms with E-state index in [-0.39, 0.29) is 5.92 Å². The highest BCUT2D eigenvalue weighted by Gasteiger charge is 2.29. The standard InChI is InChI=1S/C12H19N5O4/c1-6(2)8(16-12(13)21)10(18)15-9(11(19)20)7-4-14-17(3)5-7/h4-6,8-9H,1-3H3,(H,15,18)(H,19,20)(H3,13,16,21). The summed E-state index contributed by atoms with van der Waals surface area (Å²) >= 11 is 0. The zero-order chi connectivity index (χ0) is 16.2. The number of hydrogen-bond donors (Lipinski definition) is 4. The topological polar surface area (TPSA) is 139 Å². The van der Waals surface area contributed by atoms with Crippen LogP contribution in [0.2, 0.25) is 0 Å². The zero-order valence-electron chi connectivity index (χ0n) is 12.0. The number of nitrogens with two attached hydrogens (primary N) is 1. The molecule has 0 bridgehead atoms. The summed E-state index contributed by atoms with van der Waals surface area (Å²) in [6.07, 6.45) is 2.84. The van der Waals surface area contributed by atoms with Crippen LogP contribution in [-0.4, -0.2) is 38.8 Å². The molecule has 0 saturated heterocycles. The number of amides is 3. The smallest absolute Gasteiger partial charge is 0.331 e. The van der Waals surface area contributed by atoms with Crippen molar-refractivity contribution in [3.05, 3.63) is 18.0 Å². The fourth-order valence-electron chi connectivity index (χ4n) is 1.80. The van der Waals surface area contributed by atoms with E-state index in [9.17, 15) is 19.5 Å².